The maximum atomic E-state index is 12.9. The topological polar surface area (TPSA) is 103 Å². The Hall–Kier alpha value is -2.97. The third-order valence-corrected chi connectivity index (χ3v) is 7.59. The van der Waals surface area contributed by atoms with E-state index in [4.69, 9.17) is 9.88 Å². The van der Waals surface area contributed by atoms with Crippen LogP contribution in [-0.4, -0.2) is 48.7 Å². The Bertz CT molecular complexity index is 1290. The van der Waals surface area contributed by atoms with E-state index in [1.54, 1.807) is 13.1 Å². The van der Waals surface area contributed by atoms with Crippen LogP contribution in [0.2, 0.25) is 0 Å². The van der Waals surface area contributed by atoms with E-state index in [1.165, 1.54) is 21.6 Å². The molecule has 0 bridgehead atoms. The Balaban J connectivity index is 1.56. The second-order valence-electron chi connectivity index (χ2n) is 8.70. The second-order valence-corrected chi connectivity index (χ2v) is 10.5. The average molecular weight is 468 g/mol. The number of piperidine rings is 1. The number of aromatic nitrogens is 1. The van der Waals surface area contributed by atoms with E-state index in [-0.39, 0.29) is 12.5 Å². The molecule has 174 valence electrons. The molecule has 1 aliphatic heterocycles. The van der Waals surface area contributed by atoms with Gasteiger partial charge in [-0.2, -0.15) is 0 Å². The van der Waals surface area contributed by atoms with Gasteiger partial charge in [-0.25, -0.2) is 13.6 Å². The summed E-state index contributed by atoms with van der Waals surface area (Å²) in [6, 6.07) is 13.9. The van der Waals surface area contributed by atoms with Crippen LogP contribution in [0.3, 0.4) is 0 Å². The summed E-state index contributed by atoms with van der Waals surface area (Å²) in [4.78, 5) is 18.9. The highest BCUT2D eigenvalue weighted by atomic mass is 32.2. The number of carbonyl (C=O) groups excluding carboxylic acids is 1. The summed E-state index contributed by atoms with van der Waals surface area (Å²) < 4.78 is 29.4. The molecule has 0 spiro atoms. The van der Waals surface area contributed by atoms with E-state index in [2.05, 4.69) is 37.0 Å². The van der Waals surface area contributed by atoms with Crippen molar-refractivity contribution in [2.45, 2.75) is 45.0 Å². The molecule has 2 aromatic carbocycles. The Morgan fingerprint density at radius 3 is 2.61 bits per heavy atom. The lowest BCUT2D eigenvalue weighted by molar-refractivity contribution is -0.138. The zero-order valence-electron chi connectivity index (χ0n) is 19.1. The van der Waals surface area contributed by atoms with Crippen molar-refractivity contribution in [1.29, 1.82) is 0 Å². The SMILES string of the molecule is Cc1cccc(C)c1-c1ccnc2cc(OC(C)C(=O)N3CCCC(S(N)(=O)=O)C3)ccc12. The molecule has 33 heavy (non-hydrogen) atoms. The predicted octanol–water partition coefficient (Wildman–Crippen LogP) is 3.57. The second kappa shape index (κ2) is 9.11. The number of rotatable bonds is 5. The molecule has 4 rings (SSSR count). The van der Waals surface area contributed by atoms with Crippen molar-refractivity contribution < 1.29 is 17.9 Å². The maximum Gasteiger partial charge on any atom is 0.263 e. The number of pyridine rings is 1. The number of primary sulfonamides is 1. The lowest BCUT2D eigenvalue weighted by Crippen LogP contribution is -2.50. The fourth-order valence-corrected chi connectivity index (χ4v) is 5.46. The Labute approximate surface area is 194 Å². The monoisotopic (exact) mass is 467 g/mol. The van der Waals surface area contributed by atoms with Crippen molar-refractivity contribution in [2.24, 2.45) is 5.14 Å². The van der Waals surface area contributed by atoms with Crippen molar-refractivity contribution in [3.8, 4) is 16.9 Å². The molecular weight excluding hydrogens is 438 g/mol. The molecule has 0 aliphatic carbocycles. The first-order chi connectivity index (χ1) is 15.6. The van der Waals surface area contributed by atoms with Crippen LogP contribution in [0.4, 0.5) is 0 Å². The molecule has 2 heterocycles. The fraction of sp³-hybridized carbons (Fsp3) is 0.360. The molecular formula is C25H29N3O4S. The summed E-state index contributed by atoms with van der Waals surface area (Å²) in [7, 11) is -3.68. The highest BCUT2D eigenvalue weighted by Gasteiger charge is 2.32. The number of nitrogens with two attached hydrogens (primary N) is 1. The molecule has 1 aliphatic rings. The largest absolute Gasteiger partial charge is 0.481 e. The first-order valence-corrected chi connectivity index (χ1v) is 12.7. The summed E-state index contributed by atoms with van der Waals surface area (Å²) in [6.45, 7) is 6.47. The number of fused-ring (bicyclic) bond motifs is 1. The van der Waals surface area contributed by atoms with E-state index in [0.717, 1.165) is 16.5 Å². The van der Waals surface area contributed by atoms with Crippen molar-refractivity contribution in [2.75, 3.05) is 13.1 Å². The summed E-state index contributed by atoms with van der Waals surface area (Å²) >= 11 is 0. The molecule has 7 nitrogen and oxygen atoms in total. The Morgan fingerprint density at radius 2 is 1.91 bits per heavy atom. The number of carbonyl (C=O) groups is 1. The first kappa shape index (κ1) is 23.2. The number of sulfonamides is 1. The number of amides is 1. The molecule has 1 aromatic heterocycles. The van der Waals surface area contributed by atoms with Crippen LogP contribution in [-0.2, 0) is 14.8 Å². The van der Waals surface area contributed by atoms with Crippen LogP contribution < -0.4 is 9.88 Å². The zero-order valence-corrected chi connectivity index (χ0v) is 19.9. The molecule has 2 atom stereocenters. The lowest BCUT2D eigenvalue weighted by atomic mass is 9.93. The smallest absolute Gasteiger partial charge is 0.263 e. The highest BCUT2D eigenvalue weighted by Crippen LogP contribution is 2.34. The highest BCUT2D eigenvalue weighted by molar-refractivity contribution is 7.89. The standard InChI is InChI=1S/C25H29N3O4S/c1-16-6-4-7-17(2)24(16)22-11-12-27-23-14-19(9-10-21(22)23)32-18(3)25(29)28-13-5-8-20(15-28)33(26,30)31/h4,6-7,9-12,14,18,20H,5,8,13,15H2,1-3H3,(H2,26,30,31). The number of likely N-dealkylation sites (tertiary alicyclic amines) is 1. The minimum Gasteiger partial charge on any atom is -0.481 e. The van der Waals surface area contributed by atoms with Gasteiger partial charge < -0.3 is 9.64 Å². The van der Waals surface area contributed by atoms with E-state index < -0.39 is 21.4 Å². The average Bonchev–Trinajstić information content (AvgIpc) is 2.78. The molecule has 1 saturated heterocycles. The van der Waals surface area contributed by atoms with Gasteiger partial charge in [-0.05, 0) is 74.1 Å². The molecule has 2 unspecified atom stereocenters. The number of ether oxygens (including phenoxy) is 1. The minimum atomic E-state index is -3.68. The van der Waals surface area contributed by atoms with Crippen molar-refractivity contribution in [3.05, 3.63) is 59.8 Å². The van der Waals surface area contributed by atoms with Gasteiger partial charge in [0.2, 0.25) is 10.0 Å². The summed E-state index contributed by atoms with van der Waals surface area (Å²) in [5.74, 6) is 0.287. The number of hydrogen-bond donors (Lipinski definition) is 1. The number of benzene rings is 2. The van der Waals surface area contributed by atoms with Gasteiger partial charge in [0.25, 0.3) is 5.91 Å². The van der Waals surface area contributed by atoms with Gasteiger partial charge in [-0.15, -0.1) is 0 Å². The summed E-state index contributed by atoms with van der Waals surface area (Å²) in [5, 5.41) is 5.58. The van der Waals surface area contributed by atoms with Crippen LogP contribution >= 0.6 is 0 Å². The quantitative estimate of drug-likeness (QED) is 0.618. The maximum absolute atomic E-state index is 12.9. The van der Waals surface area contributed by atoms with Gasteiger partial charge >= 0.3 is 0 Å². The van der Waals surface area contributed by atoms with Gasteiger partial charge in [-0.3, -0.25) is 9.78 Å². The van der Waals surface area contributed by atoms with Crippen LogP contribution in [0.5, 0.6) is 5.75 Å². The van der Waals surface area contributed by atoms with Crippen LogP contribution in [0.15, 0.2) is 48.7 Å². The van der Waals surface area contributed by atoms with Gasteiger partial charge in [-0.1, -0.05) is 18.2 Å². The van der Waals surface area contributed by atoms with E-state index in [0.29, 0.717) is 25.1 Å². The number of aryl methyl sites for hydroxylation is 2. The van der Waals surface area contributed by atoms with Crippen LogP contribution in [0.1, 0.15) is 30.9 Å². The molecule has 3 aromatic rings. The van der Waals surface area contributed by atoms with Gasteiger partial charge in [0, 0.05) is 30.7 Å². The molecule has 0 radical (unpaired) electrons. The van der Waals surface area contributed by atoms with Crippen molar-refractivity contribution >= 4 is 26.8 Å². The molecule has 1 amide bonds. The van der Waals surface area contributed by atoms with Crippen LogP contribution in [0.25, 0.3) is 22.0 Å². The minimum absolute atomic E-state index is 0.101. The number of hydrogen-bond acceptors (Lipinski definition) is 5. The van der Waals surface area contributed by atoms with Gasteiger partial charge in [0.15, 0.2) is 6.10 Å². The number of nitrogens with zero attached hydrogens (tertiary/aromatic N) is 2. The summed E-state index contributed by atoms with van der Waals surface area (Å²) in [6.07, 6.45) is 2.09. The van der Waals surface area contributed by atoms with Gasteiger partial charge in [0.05, 0.1) is 10.8 Å². The molecule has 2 N–H and O–H groups in total. The lowest BCUT2D eigenvalue weighted by Gasteiger charge is -2.33. The first-order valence-electron chi connectivity index (χ1n) is 11.1. The molecule has 8 heteroatoms. The van der Waals surface area contributed by atoms with Crippen molar-refractivity contribution in [1.82, 2.24) is 9.88 Å². The predicted molar refractivity (Wildman–Crippen MR) is 129 cm³/mol. The van der Waals surface area contributed by atoms with E-state index in [9.17, 15) is 13.2 Å². The Kier molecular flexibility index (Phi) is 6.41. The molecule has 0 saturated carbocycles. The third-order valence-electron chi connectivity index (χ3n) is 6.28. The van der Waals surface area contributed by atoms with E-state index >= 15 is 0 Å². The zero-order chi connectivity index (χ0) is 23.8. The molecule has 1 fully saturated rings. The fourth-order valence-electron chi connectivity index (χ4n) is 4.58. The van der Waals surface area contributed by atoms with Crippen LogP contribution in [0, 0.1) is 13.8 Å². The van der Waals surface area contributed by atoms with E-state index in [1.807, 2.05) is 24.3 Å². The summed E-state index contributed by atoms with van der Waals surface area (Å²) in [5.41, 5.74) is 5.47. The normalized spacial score (nSPS) is 17.7. The van der Waals surface area contributed by atoms with Crippen molar-refractivity contribution in [3.63, 3.8) is 0 Å². The van der Waals surface area contributed by atoms with Gasteiger partial charge in [0.1, 0.15) is 5.75 Å². The Morgan fingerprint density at radius 1 is 1.18 bits per heavy atom. The third kappa shape index (κ3) is 4.86.